The van der Waals surface area contributed by atoms with Crippen LogP contribution in [0.3, 0.4) is 0 Å². The smallest absolute Gasteiger partial charge is 0.221 e. The van der Waals surface area contributed by atoms with Crippen molar-refractivity contribution in [3.63, 3.8) is 0 Å². The van der Waals surface area contributed by atoms with Crippen LogP contribution in [0.5, 0.6) is 0 Å². The number of nitrogens with zero attached hydrogens (tertiary/aromatic N) is 2. The topological polar surface area (TPSA) is 105 Å². The third-order valence-electron chi connectivity index (χ3n) is 6.23. The number of aromatic amines is 2. The zero-order valence-corrected chi connectivity index (χ0v) is 24.5. The van der Waals surface area contributed by atoms with Gasteiger partial charge in [0, 0.05) is 49.7 Å². The lowest BCUT2D eigenvalue weighted by Gasteiger charge is -2.04. The second kappa shape index (κ2) is 13.2. The molecule has 10 heteroatoms. The number of aromatic nitrogens is 2. The summed E-state index contributed by atoms with van der Waals surface area (Å²) in [5, 5.41) is 1.99. The Morgan fingerprint density at radius 2 is 1.23 bits per heavy atom. The van der Waals surface area contributed by atoms with Crippen LogP contribution in [0.4, 0.5) is 11.4 Å². The quantitative estimate of drug-likeness (QED) is 0.175. The van der Waals surface area contributed by atoms with Crippen LogP contribution in [0, 0.1) is 13.8 Å². The van der Waals surface area contributed by atoms with Crippen LogP contribution < -0.4 is 57.0 Å². The first kappa shape index (κ1) is 31.9. The number of rotatable bonds is 0. The second-order valence-corrected chi connectivity index (χ2v) is 10.8. The van der Waals surface area contributed by atoms with Crippen molar-refractivity contribution in [1.82, 2.24) is 0 Å². The van der Waals surface area contributed by atoms with Gasteiger partial charge in [0.1, 0.15) is 19.2 Å². The van der Waals surface area contributed by atoms with E-state index in [1.54, 1.807) is 36.8 Å². The summed E-state index contributed by atoms with van der Waals surface area (Å²) >= 11 is 3.48. The molecule has 0 bridgehead atoms. The molecule has 2 aliphatic carbocycles. The lowest BCUT2D eigenvalue weighted by atomic mass is 10.2. The molecule has 2 aliphatic heterocycles. The number of hydrogen-bond donors (Lipinski definition) is 2. The zero-order valence-electron chi connectivity index (χ0n) is 21.4. The van der Waals surface area contributed by atoms with Gasteiger partial charge < -0.3 is 36.3 Å². The maximum Gasteiger partial charge on any atom is 0.221 e. The predicted molar refractivity (Wildman–Crippen MR) is 158 cm³/mol. The minimum atomic E-state index is 0. The van der Waals surface area contributed by atoms with Gasteiger partial charge in [-0.2, -0.15) is 0 Å². The number of benzene rings is 4. The molecule has 39 heavy (non-hydrogen) atoms. The predicted octanol–water partition coefficient (Wildman–Crippen LogP) is -0.873. The Morgan fingerprint density at radius 3 is 1.82 bits per heavy atom. The molecule has 2 heterocycles. The summed E-state index contributed by atoms with van der Waals surface area (Å²) in [5.41, 5.74) is 20.3. The van der Waals surface area contributed by atoms with Gasteiger partial charge >= 0.3 is 0 Å². The van der Waals surface area contributed by atoms with Gasteiger partial charge in [-0.05, 0) is 61.4 Å². The summed E-state index contributed by atoms with van der Waals surface area (Å²) in [4.78, 5) is 17.7. The molecule has 204 valence electrons. The second-order valence-electron chi connectivity index (χ2n) is 8.62. The molecule has 0 fully saturated rings. The van der Waals surface area contributed by atoms with E-state index in [1.807, 2.05) is 37.3 Å². The van der Waals surface area contributed by atoms with Crippen LogP contribution in [0.25, 0.3) is 41.6 Å². The molecule has 2 aromatic rings. The van der Waals surface area contributed by atoms with Crippen molar-refractivity contribution in [1.29, 1.82) is 0 Å². The van der Waals surface area contributed by atoms with Crippen molar-refractivity contribution in [3.8, 4) is 21.1 Å². The Bertz CT molecular complexity index is 1810. The van der Waals surface area contributed by atoms with Gasteiger partial charge in [0.25, 0.3) is 0 Å². The molecule has 0 atom stereocenters. The fraction of sp³-hybridized carbons (Fsp3) is 0.172. The SMILES string of the molecule is C.CN=c1ccc2[nH+]c3cc(C)c(N)cc3sc-2c1.CN=c1ccc2[nH+]c3ccc(N)c(C)c3sc-2c1.[Cl-].[Cl-]. The number of hydrogen-bond acceptors (Lipinski definition) is 6. The van der Waals surface area contributed by atoms with E-state index in [4.69, 9.17) is 11.5 Å². The van der Waals surface area contributed by atoms with E-state index in [0.717, 1.165) is 55.6 Å². The average molecular weight is 600 g/mol. The van der Waals surface area contributed by atoms with E-state index >= 15 is 0 Å². The monoisotopic (exact) mass is 598 g/mol. The summed E-state index contributed by atoms with van der Waals surface area (Å²) in [6, 6.07) is 20.5. The molecule has 0 aromatic heterocycles. The van der Waals surface area contributed by atoms with Gasteiger partial charge in [-0.3, -0.25) is 9.98 Å². The number of halogens is 2. The van der Waals surface area contributed by atoms with Crippen LogP contribution >= 0.6 is 22.7 Å². The number of fused-ring (bicyclic) bond motifs is 4. The highest BCUT2D eigenvalue weighted by atomic mass is 35.5. The molecule has 4 aliphatic rings. The van der Waals surface area contributed by atoms with Crippen molar-refractivity contribution in [2.24, 2.45) is 9.98 Å². The van der Waals surface area contributed by atoms with Crippen LogP contribution in [-0.2, 0) is 0 Å². The number of nitrogens with two attached hydrogens (primary N) is 2. The molecule has 0 radical (unpaired) electrons. The van der Waals surface area contributed by atoms with E-state index in [9.17, 15) is 0 Å². The van der Waals surface area contributed by atoms with Crippen molar-refractivity contribution in [3.05, 3.63) is 82.5 Å². The minimum absolute atomic E-state index is 0. The number of nitrogen functional groups attached to an aromatic ring is 2. The molecule has 0 saturated carbocycles. The van der Waals surface area contributed by atoms with Crippen molar-refractivity contribution in [2.45, 2.75) is 21.3 Å². The third kappa shape index (κ3) is 6.47. The molecule has 2 aromatic carbocycles. The van der Waals surface area contributed by atoms with Crippen LogP contribution in [-0.4, -0.2) is 14.1 Å². The van der Waals surface area contributed by atoms with E-state index in [2.05, 4.69) is 57.2 Å². The largest absolute Gasteiger partial charge is 1.00 e. The van der Waals surface area contributed by atoms with Crippen LogP contribution in [0.1, 0.15) is 18.6 Å². The van der Waals surface area contributed by atoms with Crippen molar-refractivity contribution >= 4 is 54.5 Å². The van der Waals surface area contributed by atoms with Crippen molar-refractivity contribution < 1.29 is 34.8 Å². The highest BCUT2D eigenvalue weighted by molar-refractivity contribution is 7.21. The van der Waals surface area contributed by atoms with Gasteiger partial charge in [-0.15, -0.1) is 22.7 Å². The zero-order chi connectivity index (χ0) is 25.4. The molecule has 6 N–H and O–H groups in total. The lowest BCUT2D eigenvalue weighted by molar-refractivity contribution is -0.330. The summed E-state index contributed by atoms with van der Waals surface area (Å²) in [5.74, 6) is 0. The molecular weight excluding hydrogens is 567 g/mol. The standard InChI is InChI=1S/2C14H13N3S.CH4.2ClH/c1-8-10(15)4-6-12-14(8)18-13-7-9(16-2)3-5-11(13)17-12;1-8-5-12-14(7-10(8)15)18-13-6-9(16-2)3-4-11(13)17-12;;;/h2*3-7H,15H2,1-2H3;1H4;2*1H. The van der Waals surface area contributed by atoms with E-state index in [0.29, 0.717) is 0 Å². The fourth-order valence-electron chi connectivity index (χ4n) is 4.02. The molecule has 0 spiro atoms. The Morgan fingerprint density at radius 1 is 0.667 bits per heavy atom. The number of aryl methyl sites for hydroxylation is 2. The highest BCUT2D eigenvalue weighted by Gasteiger charge is 2.16. The first-order valence-electron chi connectivity index (χ1n) is 11.5. The van der Waals surface area contributed by atoms with E-state index < -0.39 is 0 Å². The maximum atomic E-state index is 5.96. The molecule has 0 unspecified atom stereocenters. The van der Waals surface area contributed by atoms with Gasteiger partial charge in [0.05, 0.1) is 10.7 Å². The summed E-state index contributed by atoms with van der Waals surface area (Å²) in [6.07, 6.45) is 0. The lowest BCUT2D eigenvalue weighted by Crippen LogP contribution is -3.00. The Hall–Kier alpha value is -3.30. The van der Waals surface area contributed by atoms with Gasteiger partial charge in [0.15, 0.2) is 0 Å². The molecule has 0 saturated heterocycles. The molecule has 6 rings (SSSR count). The van der Waals surface area contributed by atoms with Crippen LogP contribution in [0.15, 0.2) is 70.6 Å². The normalized spacial score (nSPS) is 11.5. The summed E-state index contributed by atoms with van der Waals surface area (Å²) in [7, 11) is 3.61. The maximum absolute atomic E-state index is 5.96. The first-order chi connectivity index (χ1) is 17.4. The summed E-state index contributed by atoms with van der Waals surface area (Å²) in [6.45, 7) is 4.08. The van der Waals surface area contributed by atoms with Crippen LogP contribution in [0.2, 0.25) is 0 Å². The highest BCUT2D eigenvalue weighted by Crippen LogP contribution is 2.31. The van der Waals surface area contributed by atoms with Gasteiger partial charge in [0.2, 0.25) is 22.4 Å². The first-order valence-corrected chi connectivity index (χ1v) is 13.2. The van der Waals surface area contributed by atoms with Gasteiger partial charge in [-0.25, -0.2) is 9.97 Å². The molecular formula is C29H32Cl2N6S2. The fourth-order valence-corrected chi connectivity index (χ4v) is 6.20. The number of nitrogens with one attached hydrogen (secondary N) is 2. The number of H-pyrrole nitrogens is 2. The Labute approximate surface area is 248 Å². The van der Waals surface area contributed by atoms with E-state index in [-0.39, 0.29) is 32.2 Å². The van der Waals surface area contributed by atoms with E-state index in [1.165, 1.54) is 19.2 Å². The number of anilines is 2. The van der Waals surface area contributed by atoms with Crippen molar-refractivity contribution in [2.75, 3.05) is 25.6 Å². The summed E-state index contributed by atoms with van der Waals surface area (Å²) < 4.78 is 2.37. The Balaban J connectivity index is 0.000000254. The molecule has 0 amide bonds. The van der Waals surface area contributed by atoms with Gasteiger partial charge in [-0.1, -0.05) is 7.43 Å². The average Bonchev–Trinajstić information content (AvgIpc) is 2.89. The Kier molecular flexibility index (Phi) is 10.8. The minimum Gasteiger partial charge on any atom is -1.00 e. The molecule has 6 nitrogen and oxygen atoms in total. The third-order valence-corrected chi connectivity index (χ3v) is 8.64.